The molecular weight excluding hydrogens is 266 g/mol. The Morgan fingerprint density at radius 3 is 2.57 bits per heavy atom. The number of nitrogens with one attached hydrogen (secondary N) is 1. The number of rotatable bonds is 3. The molecular formula is C16H27N3O2. The lowest BCUT2D eigenvalue weighted by Gasteiger charge is -2.40. The highest BCUT2D eigenvalue weighted by Gasteiger charge is 2.43. The normalized spacial score (nSPS) is 28.4. The summed E-state index contributed by atoms with van der Waals surface area (Å²) in [7, 11) is 1.77. The Bertz CT molecular complexity index is 468. The maximum Gasteiger partial charge on any atom is 0.243 e. The number of methoxy groups -OCH3 is 1. The van der Waals surface area contributed by atoms with E-state index in [-0.39, 0.29) is 11.6 Å². The number of nitrogens with zero attached hydrogens (tertiary/aromatic N) is 2. The molecule has 5 nitrogen and oxygen atoms in total. The predicted molar refractivity (Wildman–Crippen MR) is 79.8 cm³/mol. The van der Waals surface area contributed by atoms with Crippen LogP contribution in [0.1, 0.15) is 76.6 Å². The molecule has 0 bridgehead atoms. The van der Waals surface area contributed by atoms with E-state index in [2.05, 4.69) is 29.3 Å². The Balaban J connectivity index is 1.77. The number of piperidine rings is 1. The van der Waals surface area contributed by atoms with Gasteiger partial charge in [0.05, 0.1) is 6.04 Å². The third-order valence-corrected chi connectivity index (χ3v) is 5.26. The van der Waals surface area contributed by atoms with E-state index in [1.165, 1.54) is 12.8 Å². The number of hydrogen-bond acceptors (Lipinski definition) is 5. The minimum atomic E-state index is -0.355. The first-order valence-electron chi connectivity index (χ1n) is 8.17. The SMILES string of the molecule is COC1(c2noc([C@H]3CCCCN3)n2)CCC(C)(C)CC1. The molecule has 0 aromatic carbocycles. The number of hydrogen-bond donors (Lipinski definition) is 1. The molecule has 1 atom stereocenters. The second-order valence-corrected chi connectivity index (χ2v) is 7.32. The molecule has 118 valence electrons. The highest BCUT2D eigenvalue weighted by molar-refractivity contribution is 5.06. The Kier molecular flexibility index (Phi) is 4.06. The van der Waals surface area contributed by atoms with Gasteiger partial charge in [-0.05, 0) is 50.5 Å². The van der Waals surface area contributed by atoms with Gasteiger partial charge >= 0.3 is 0 Å². The summed E-state index contributed by atoms with van der Waals surface area (Å²) in [4.78, 5) is 4.68. The summed E-state index contributed by atoms with van der Waals surface area (Å²) in [6, 6.07) is 0.217. The fourth-order valence-corrected chi connectivity index (χ4v) is 3.47. The molecule has 2 heterocycles. The van der Waals surface area contributed by atoms with Crippen LogP contribution in [0.25, 0.3) is 0 Å². The zero-order valence-corrected chi connectivity index (χ0v) is 13.4. The fourth-order valence-electron chi connectivity index (χ4n) is 3.47. The van der Waals surface area contributed by atoms with Crippen LogP contribution in [0.3, 0.4) is 0 Å². The topological polar surface area (TPSA) is 60.2 Å². The van der Waals surface area contributed by atoms with Crippen LogP contribution in [0.5, 0.6) is 0 Å². The van der Waals surface area contributed by atoms with E-state index < -0.39 is 0 Å². The predicted octanol–water partition coefficient (Wildman–Crippen LogP) is 3.33. The summed E-state index contributed by atoms with van der Waals surface area (Å²) in [6.45, 7) is 5.67. The van der Waals surface area contributed by atoms with Gasteiger partial charge in [0.15, 0.2) is 0 Å². The molecule has 1 N–H and O–H groups in total. The molecule has 21 heavy (non-hydrogen) atoms. The van der Waals surface area contributed by atoms with E-state index in [0.29, 0.717) is 5.41 Å². The molecule has 1 aromatic rings. The molecule has 1 saturated heterocycles. The average molecular weight is 293 g/mol. The van der Waals surface area contributed by atoms with E-state index in [9.17, 15) is 0 Å². The largest absolute Gasteiger partial charge is 0.370 e. The van der Waals surface area contributed by atoms with Gasteiger partial charge in [-0.25, -0.2) is 0 Å². The van der Waals surface area contributed by atoms with E-state index in [4.69, 9.17) is 9.26 Å². The first-order valence-corrected chi connectivity index (χ1v) is 8.17. The van der Waals surface area contributed by atoms with E-state index in [0.717, 1.165) is 50.4 Å². The molecule has 1 aliphatic carbocycles. The van der Waals surface area contributed by atoms with Crippen LogP contribution in [0.2, 0.25) is 0 Å². The molecule has 1 aromatic heterocycles. The van der Waals surface area contributed by atoms with Crippen LogP contribution in [-0.2, 0) is 10.3 Å². The second kappa shape index (κ2) is 5.69. The fraction of sp³-hybridized carbons (Fsp3) is 0.875. The Labute approximate surface area is 126 Å². The van der Waals surface area contributed by atoms with Crippen molar-refractivity contribution in [1.82, 2.24) is 15.5 Å². The smallest absolute Gasteiger partial charge is 0.243 e. The van der Waals surface area contributed by atoms with E-state index in [1.807, 2.05) is 0 Å². The van der Waals surface area contributed by atoms with E-state index in [1.54, 1.807) is 7.11 Å². The molecule has 1 aliphatic heterocycles. The average Bonchev–Trinajstić information content (AvgIpc) is 2.99. The molecule has 1 saturated carbocycles. The monoisotopic (exact) mass is 293 g/mol. The molecule has 0 amide bonds. The Morgan fingerprint density at radius 2 is 1.95 bits per heavy atom. The highest BCUT2D eigenvalue weighted by Crippen LogP contribution is 2.46. The van der Waals surface area contributed by atoms with Crippen LogP contribution in [0.15, 0.2) is 4.52 Å². The van der Waals surface area contributed by atoms with Gasteiger partial charge < -0.3 is 14.6 Å². The van der Waals surface area contributed by atoms with Crippen LogP contribution in [0, 0.1) is 5.41 Å². The summed E-state index contributed by atoms with van der Waals surface area (Å²) in [5.74, 6) is 1.47. The lowest BCUT2D eigenvalue weighted by Crippen LogP contribution is -2.37. The lowest BCUT2D eigenvalue weighted by atomic mass is 9.70. The van der Waals surface area contributed by atoms with Crippen molar-refractivity contribution < 1.29 is 9.26 Å². The Morgan fingerprint density at radius 1 is 1.19 bits per heavy atom. The molecule has 0 unspecified atom stereocenters. The highest BCUT2D eigenvalue weighted by atomic mass is 16.5. The summed E-state index contributed by atoms with van der Waals surface area (Å²) in [6.07, 6.45) is 7.72. The van der Waals surface area contributed by atoms with Crippen LogP contribution >= 0.6 is 0 Å². The van der Waals surface area contributed by atoms with Crippen LogP contribution in [-0.4, -0.2) is 23.8 Å². The van der Waals surface area contributed by atoms with Crippen molar-refractivity contribution in [2.45, 2.75) is 70.4 Å². The molecule has 2 fully saturated rings. The van der Waals surface area contributed by atoms with Crippen molar-refractivity contribution in [1.29, 1.82) is 0 Å². The molecule has 5 heteroatoms. The van der Waals surface area contributed by atoms with Gasteiger partial charge in [-0.1, -0.05) is 25.4 Å². The minimum Gasteiger partial charge on any atom is -0.370 e. The summed E-state index contributed by atoms with van der Waals surface area (Å²) in [5, 5.41) is 7.71. The van der Waals surface area contributed by atoms with Gasteiger partial charge in [-0.2, -0.15) is 4.98 Å². The van der Waals surface area contributed by atoms with Crippen LogP contribution < -0.4 is 5.32 Å². The number of aromatic nitrogens is 2. The molecule has 2 aliphatic rings. The van der Waals surface area contributed by atoms with Gasteiger partial charge in [0.1, 0.15) is 5.60 Å². The van der Waals surface area contributed by atoms with Crippen molar-refractivity contribution >= 4 is 0 Å². The molecule has 3 rings (SSSR count). The van der Waals surface area contributed by atoms with Crippen molar-refractivity contribution in [3.8, 4) is 0 Å². The van der Waals surface area contributed by atoms with Crippen molar-refractivity contribution in [3.63, 3.8) is 0 Å². The quantitative estimate of drug-likeness (QED) is 0.926. The zero-order valence-electron chi connectivity index (χ0n) is 13.4. The van der Waals surface area contributed by atoms with Gasteiger partial charge in [0, 0.05) is 7.11 Å². The van der Waals surface area contributed by atoms with Crippen molar-refractivity contribution in [3.05, 3.63) is 11.7 Å². The summed E-state index contributed by atoms with van der Waals surface area (Å²) in [5.41, 5.74) is 0.0332. The third kappa shape index (κ3) is 2.99. The van der Waals surface area contributed by atoms with Gasteiger partial charge in [-0.3, -0.25) is 0 Å². The third-order valence-electron chi connectivity index (χ3n) is 5.26. The second-order valence-electron chi connectivity index (χ2n) is 7.32. The van der Waals surface area contributed by atoms with Crippen molar-refractivity contribution in [2.75, 3.05) is 13.7 Å². The molecule has 0 radical (unpaired) electrons. The summed E-state index contributed by atoms with van der Waals surface area (Å²) >= 11 is 0. The number of ether oxygens (including phenoxy) is 1. The van der Waals surface area contributed by atoms with Gasteiger partial charge in [0.2, 0.25) is 11.7 Å². The van der Waals surface area contributed by atoms with E-state index >= 15 is 0 Å². The van der Waals surface area contributed by atoms with Crippen LogP contribution in [0.4, 0.5) is 0 Å². The first kappa shape index (κ1) is 15.0. The summed E-state index contributed by atoms with van der Waals surface area (Å²) < 4.78 is 11.4. The lowest BCUT2D eigenvalue weighted by molar-refractivity contribution is -0.0740. The van der Waals surface area contributed by atoms with Gasteiger partial charge in [-0.15, -0.1) is 0 Å². The Hall–Kier alpha value is -0.940. The maximum atomic E-state index is 5.85. The zero-order chi connectivity index (χ0) is 14.9. The van der Waals surface area contributed by atoms with Gasteiger partial charge in [0.25, 0.3) is 0 Å². The minimum absolute atomic E-state index is 0.217. The first-order chi connectivity index (χ1) is 10.0. The maximum absolute atomic E-state index is 5.85. The van der Waals surface area contributed by atoms with Crippen molar-refractivity contribution in [2.24, 2.45) is 5.41 Å². The standard InChI is InChI=1S/C16H27N3O2/c1-15(2)7-9-16(20-3,10-8-15)14-18-13(21-19-14)12-6-4-5-11-17-12/h12,17H,4-11H2,1-3H3/t12-/m1/s1. The molecule has 0 spiro atoms.